The molecule has 0 aliphatic rings. The molecule has 2 amide bonds. The Morgan fingerprint density at radius 3 is 2.41 bits per heavy atom. The molecule has 2 N–H and O–H groups in total. The van der Waals surface area contributed by atoms with Crippen molar-refractivity contribution >= 4 is 18.0 Å². The van der Waals surface area contributed by atoms with Gasteiger partial charge in [-0.2, -0.15) is 0 Å². The summed E-state index contributed by atoms with van der Waals surface area (Å²) in [6.07, 6.45) is 3.94. The van der Waals surface area contributed by atoms with E-state index < -0.39 is 17.5 Å². The van der Waals surface area contributed by atoms with Gasteiger partial charge in [0, 0.05) is 24.9 Å². The van der Waals surface area contributed by atoms with Crippen LogP contribution in [-0.2, 0) is 16.0 Å². The fourth-order valence-corrected chi connectivity index (χ4v) is 3.29. The Morgan fingerprint density at radius 2 is 1.78 bits per heavy atom. The van der Waals surface area contributed by atoms with Crippen LogP contribution in [0.4, 0.5) is 0 Å². The van der Waals surface area contributed by atoms with Crippen LogP contribution < -0.4 is 10.6 Å². The first-order valence-electron chi connectivity index (χ1n) is 11.3. The first-order valence-corrected chi connectivity index (χ1v) is 11.3. The zero-order chi connectivity index (χ0) is 23.6. The summed E-state index contributed by atoms with van der Waals surface area (Å²) in [5.74, 6) is -0.444. The van der Waals surface area contributed by atoms with Gasteiger partial charge in [0.15, 0.2) is 0 Å². The minimum absolute atomic E-state index is 0.173. The second kappa shape index (κ2) is 12.1. The SMILES string of the molecule is CCCCNC(=O)[C@H](Cc1ccccc1)NC(=O)[C@@H](N=Cc1cccc(C)n1)C(C)(C)C. The average Bonchev–Trinajstić information content (AvgIpc) is 2.73. The Labute approximate surface area is 192 Å². The third-order valence-electron chi connectivity index (χ3n) is 5.08. The number of unbranched alkanes of at least 4 members (excludes halogenated alkanes) is 1. The molecule has 172 valence electrons. The van der Waals surface area contributed by atoms with Crippen molar-refractivity contribution in [3.63, 3.8) is 0 Å². The number of aliphatic imine (C=N–C) groups is 1. The van der Waals surface area contributed by atoms with Gasteiger partial charge in [-0.15, -0.1) is 0 Å². The van der Waals surface area contributed by atoms with Crippen molar-refractivity contribution in [2.45, 2.75) is 66.0 Å². The van der Waals surface area contributed by atoms with Crippen molar-refractivity contribution in [1.29, 1.82) is 0 Å². The number of pyridine rings is 1. The molecule has 2 atom stereocenters. The van der Waals surface area contributed by atoms with Gasteiger partial charge in [-0.25, -0.2) is 0 Å². The zero-order valence-corrected chi connectivity index (χ0v) is 19.9. The summed E-state index contributed by atoms with van der Waals surface area (Å²) in [6, 6.07) is 14.1. The van der Waals surface area contributed by atoms with Crippen molar-refractivity contribution < 1.29 is 9.59 Å². The van der Waals surface area contributed by atoms with E-state index in [-0.39, 0.29) is 11.8 Å². The molecule has 1 aromatic carbocycles. The van der Waals surface area contributed by atoms with E-state index in [2.05, 4.69) is 27.5 Å². The van der Waals surface area contributed by atoms with E-state index in [1.165, 1.54) is 0 Å². The number of rotatable bonds is 10. The minimum atomic E-state index is -0.668. The van der Waals surface area contributed by atoms with Gasteiger partial charge < -0.3 is 10.6 Å². The summed E-state index contributed by atoms with van der Waals surface area (Å²) < 4.78 is 0. The molecule has 1 aromatic heterocycles. The lowest BCUT2D eigenvalue weighted by Crippen LogP contribution is -2.52. The summed E-state index contributed by atoms with van der Waals surface area (Å²) in [6.45, 7) is 10.5. The number of amides is 2. The summed E-state index contributed by atoms with van der Waals surface area (Å²) in [5, 5.41) is 5.91. The highest BCUT2D eigenvalue weighted by atomic mass is 16.2. The number of nitrogens with zero attached hydrogens (tertiary/aromatic N) is 2. The van der Waals surface area contributed by atoms with E-state index in [4.69, 9.17) is 0 Å². The maximum Gasteiger partial charge on any atom is 0.245 e. The van der Waals surface area contributed by atoms with E-state index in [0.717, 1.165) is 24.1 Å². The Bertz CT molecular complexity index is 904. The van der Waals surface area contributed by atoms with Gasteiger partial charge in [-0.3, -0.25) is 19.6 Å². The molecule has 2 rings (SSSR count). The molecule has 0 bridgehead atoms. The molecule has 2 aromatic rings. The predicted molar refractivity (Wildman–Crippen MR) is 130 cm³/mol. The molecule has 0 saturated carbocycles. The molecule has 1 heterocycles. The summed E-state index contributed by atoms with van der Waals surface area (Å²) in [7, 11) is 0. The third kappa shape index (κ3) is 8.25. The van der Waals surface area contributed by atoms with Crippen molar-refractivity contribution in [3.8, 4) is 0 Å². The highest BCUT2D eigenvalue weighted by molar-refractivity contribution is 5.91. The Hall–Kier alpha value is -3.02. The first kappa shape index (κ1) is 25.2. The van der Waals surface area contributed by atoms with Crippen LogP contribution in [0.1, 0.15) is 57.5 Å². The first-order chi connectivity index (χ1) is 15.2. The van der Waals surface area contributed by atoms with E-state index in [1.807, 2.05) is 76.2 Å². The zero-order valence-electron chi connectivity index (χ0n) is 19.9. The second-order valence-electron chi connectivity index (χ2n) is 9.15. The number of benzene rings is 1. The van der Waals surface area contributed by atoms with Crippen molar-refractivity contribution in [2.24, 2.45) is 10.4 Å². The van der Waals surface area contributed by atoms with Crippen LogP contribution in [0.3, 0.4) is 0 Å². The van der Waals surface area contributed by atoms with E-state index in [1.54, 1.807) is 6.21 Å². The summed E-state index contributed by atoms with van der Waals surface area (Å²) in [5.41, 5.74) is 2.14. The van der Waals surface area contributed by atoms with Crippen LogP contribution in [0.5, 0.6) is 0 Å². The predicted octanol–water partition coefficient (Wildman–Crippen LogP) is 3.87. The molecule has 6 heteroatoms. The number of carbonyl (C=O) groups excluding carboxylic acids is 2. The van der Waals surface area contributed by atoms with Crippen LogP contribution in [0.2, 0.25) is 0 Å². The summed E-state index contributed by atoms with van der Waals surface area (Å²) in [4.78, 5) is 35.2. The van der Waals surface area contributed by atoms with Gasteiger partial charge in [0.05, 0.1) is 5.69 Å². The Kier molecular flexibility index (Phi) is 9.57. The number of hydrogen-bond acceptors (Lipinski definition) is 4. The highest BCUT2D eigenvalue weighted by Crippen LogP contribution is 2.23. The molecule has 0 saturated heterocycles. The smallest absolute Gasteiger partial charge is 0.245 e. The van der Waals surface area contributed by atoms with Gasteiger partial charge in [0.1, 0.15) is 12.1 Å². The molecule has 6 nitrogen and oxygen atoms in total. The van der Waals surface area contributed by atoms with Gasteiger partial charge >= 0.3 is 0 Å². The van der Waals surface area contributed by atoms with Crippen LogP contribution >= 0.6 is 0 Å². The largest absolute Gasteiger partial charge is 0.354 e. The van der Waals surface area contributed by atoms with Crippen LogP contribution in [0.25, 0.3) is 0 Å². The molecule has 0 aliphatic carbocycles. The second-order valence-corrected chi connectivity index (χ2v) is 9.15. The standard InChI is InChI=1S/C26H36N4O2/c1-6-7-16-27-24(31)22(17-20-13-9-8-10-14-20)30-25(32)23(26(3,4)5)28-18-21-15-11-12-19(2)29-21/h8-15,18,22-23H,6-7,16-17H2,1-5H3,(H,27,31)(H,30,32)/t22-,23+/m0/s1. The fourth-order valence-electron chi connectivity index (χ4n) is 3.29. The van der Waals surface area contributed by atoms with E-state index in [9.17, 15) is 9.59 Å². The topological polar surface area (TPSA) is 83.5 Å². The molecule has 32 heavy (non-hydrogen) atoms. The third-order valence-corrected chi connectivity index (χ3v) is 5.08. The van der Waals surface area contributed by atoms with Crippen molar-refractivity contribution in [1.82, 2.24) is 15.6 Å². The molecule has 0 aliphatic heterocycles. The molecule has 0 unspecified atom stereocenters. The molecule has 0 fully saturated rings. The summed E-state index contributed by atoms with van der Waals surface area (Å²) >= 11 is 0. The lowest BCUT2D eigenvalue weighted by Gasteiger charge is -2.28. The van der Waals surface area contributed by atoms with Crippen molar-refractivity contribution in [3.05, 3.63) is 65.5 Å². The maximum atomic E-state index is 13.3. The monoisotopic (exact) mass is 436 g/mol. The number of carbonyl (C=O) groups is 2. The molecular formula is C26H36N4O2. The Balaban J connectivity index is 2.21. The van der Waals surface area contributed by atoms with Crippen molar-refractivity contribution in [2.75, 3.05) is 6.54 Å². The fraction of sp³-hybridized carbons (Fsp3) is 0.462. The number of hydrogen-bond donors (Lipinski definition) is 2. The quantitative estimate of drug-likeness (QED) is 0.438. The molecule has 0 spiro atoms. The lowest BCUT2D eigenvalue weighted by molar-refractivity contribution is -0.130. The average molecular weight is 437 g/mol. The number of nitrogens with one attached hydrogen (secondary N) is 2. The van der Waals surface area contributed by atoms with Crippen LogP contribution in [-0.4, -0.2) is 41.6 Å². The Morgan fingerprint density at radius 1 is 1.06 bits per heavy atom. The maximum absolute atomic E-state index is 13.3. The molecule has 0 radical (unpaired) electrons. The number of aromatic nitrogens is 1. The lowest BCUT2D eigenvalue weighted by atomic mass is 9.86. The molecular weight excluding hydrogens is 400 g/mol. The van der Waals surface area contributed by atoms with Gasteiger partial charge in [0.2, 0.25) is 11.8 Å². The minimum Gasteiger partial charge on any atom is -0.354 e. The van der Waals surface area contributed by atoms with Gasteiger partial charge in [0.25, 0.3) is 0 Å². The van der Waals surface area contributed by atoms with Crippen LogP contribution in [0.15, 0.2) is 53.5 Å². The van der Waals surface area contributed by atoms with Gasteiger partial charge in [-0.05, 0) is 36.5 Å². The van der Waals surface area contributed by atoms with Gasteiger partial charge in [-0.1, -0.05) is 70.5 Å². The van der Waals surface area contributed by atoms with Crippen LogP contribution in [0, 0.1) is 12.3 Å². The van der Waals surface area contributed by atoms with E-state index >= 15 is 0 Å². The number of aryl methyl sites for hydroxylation is 1. The normalized spacial score (nSPS) is 13.5. The highest BCUT2D eigenvalue weighted by Gasteiger charge is 2.33. The van der Waals surface area contributed by atoms with E-state index in [0.29, 0.717) is 18.7 Å².